The van der Waals surface area contributed by atoms with Crippen LogP contribution in [0.3, 0.4) is 0 Å². The maximum Gasteiger partial charge on any atom is 0.254 e. The Labute approximate surface area is 179 Å². The predicted molar refractivity (Wildman–Crippen MR) is 112 cm³/mol. The van der Waals surface area contributed by atoms with E-state index in [1.54, 1.807) is 53.3 Å². The number of halogens is 2. The van der Waals surface area contributed by atoms with E-state index in [1.165, 1.54) is 0 Å². The Bertz CT molecular complexity index is 891. The number of amides is 2. The first kappa shape index (κ1) is 21.3. The fraction of sp³-hybridized carbons (Fsp3) is 0.333. The SMILES string of the molecule is CCOc1ccc(C(=O)N2CCN(C(=O)c3cc(Cl)cc(Cl)c3)CC2)cc1OC. The lowest BCUT2D eigenvalue weighted by atomic mass is 10.1. The number of ether oxygens (including phenoxy) is 2. The molecule has 2 amide bonds. The van der Waals surface area contributed by atoms with Crippen LogP contribution in [-0.4, -0.2) is 61.5 Å². The normalized spacial score (nSPS) is 13.9. The van der Waals surface area contributed by atoms with Crippen molar-refractivity contribution in [1.82, 2.24) is 9.80 Å². The first-order valence-electron chi connectivity index (χ1n) is 9.28. The van der Waals surface area contributed by atoms with Crippen LogP contribution in [0.5, 0.6) is 11.5 Å². The minimum absolute atomic E-state index is 0.107. The third-order valence-corrected chi connectivity index (χ3v) is 5.11. The van der Waals surface area contributed by atoms with Gasteiger partial charge in [0, 0.05) is 47.4 Å². The van der Waals surface area contributed by atoms with Crippen molar-refractivity contribution >= 4 is 35.0 Å². The number of carbonyl (C=O) groups is 2. The maximum absolute atomic E-state index is 12.9. The van der Waals surface area contributed by atoms with Crippen LogP contribution in [0.2, 0.25) is 10.0 Å². The fourth-order valence-electron chi connectivity index (χ4n) is 3.23. The van der Waals surface area contributed by atoms with E-state index in [1.807, 2.05) is 6.92 Å². The Kier molecular flexibility index (Phi) is 6.87. The molecule has 154 valence electrons. The number of carbonyl (C=O) groups excluding carboxylic acids is 2. The molecule has 1 fully saturated rings. The van der Waals surface area contributed by atoms with Gasteiger partial charge in [0.1, 0.15) is 0 Å². The second-order valence-electron chi connectivity index (χ2n) is 6.54. The lowest BCUT2D eigenvalue weighted by molar-refractivity contribution is 0.0535. The van der Waals surface area contributed by atoms with Gasteiger partial charge in [0.2, 0.25) is 0 Å². The summed E-state index contributed by atoms with van der Waals surface area (Å²) in [6.07, 6.45) is 0. The highest BCUT2D eigenvalue weighted by atomic mass is 35.5. The van der Waals surface area contributed by atoms with Gasteiger partial charge < -0.3 is 19.3 Å². The molecule has 0 unspecified atom stereocenters. The molecule has 8 heteroatoms. The molecule has 1 aliphatic rings. The highest BCUT2D eigenvalue weighted by molar-refractivity contribution is 6.35. The number of benzene rings is 2. The first-order valence-corrected chi connectivity index (χ1v) is 10.0. The summed E-state index contributed by atoms with van der Waals surface area (Å²) in [6.45, 7) is 4.14. The van der Waals surface area contributed by atoms with E-state index in [0.717, 1.165) is 0 Å². The molecule has 2 aromatic rings. The van der Waals surface area contributed by atoms with Crippen LogP contribution < -0.4 is 9.47 Å². The molecule has 3 rings (SSSR count). The van der Waals surface area contributed by atoms with Gasteiger partial charge in [-0.2, -0.15) is 0 Å². The van der Waals surface area contributed by atoms with E-state index in [-0.39, 0.29) is 11.8 Å². The van der Waals surface area contributed by atoms with Gasteiger partial charge in [0.05, 0.1) is 13.7 Å². The van der Waals surface area contributed by atoms with Crippen LogP contribution in [0.1, 0.15) is 27.6 Å². The fourth-order valence-corrected chi connectivity index (χ4v) is 3.76. The van der Waals surface area contributed by atoms with Crippen LogP contribution in [-0.2, 0) is 0 Å². The minimum atomic E-state index is -0.149. The van der Waals surface area contributed by atoms with Crippen molar-refractivity contribution in [3.05, 3.63) is 57.6 Å². The van der Waals surface area contributed by atoms with Crippen molar-refractivity contribution in [3.8, 4) is 11.5 Å². The van der Waals surface area contributed by atoms with Crippen LogP contribution in [0.25, 0.3) is 0 Å². The predicted octanol–water partition coefficient (Wildman–Crippen LogP) is 4.00. The number of methoxy groups -OCH3 is 1. The Hall–Kier alpha value is -2.44. The molecule has 0 N–H and O–H groups in total. The molecule has 1 aliphatic heterocycles. The zero-order chi connectivity index (χ0) is 21.0. The van der Waals surface area contributed by atoms with Crippen molar-refractivity contribution in [2.45, 2.75) is 6.92 Å². The minimum Gasteiger partial charge on any atom is -0.493 e. The molecule has 6 nitrogen and oxygen atoms in total. The Morgan fingerprint density at radius 3 is 1.93 bits per heavy atom. The van der Waals surface area contributed by atoms with E-state index in [0.29, 0.717) is 65.5 Å². The van der Waals surface area contributed by atoms with E-state index < -0.39 is 0 Å². The van der Waals surface area contributed by atoms with Gasteiger partial charge in [-0.1, -0.05) is 23.2 Å². The highest BCUT2D eigenvalue weighted by Gasteiger charge is 2.26. The number of rotatable bonds is 5. The van der Waals surface area contributed by atoms with Gasteiger partial charge in [0.25, 0.3) is 11.8 Å². The molecule has 0 bridgehead atoms. The van der Waals surface area contributed by atoms with Crippen LogP contribution >= 0.6 is 23.2 Å². The Morgan fingerprint density at radius 2 is 1.41 bits per heavy atom. The van der Waals surface area contributed by atoms with Crippen molar-refractivity contribution in [1.29, 1.82) is 0 Å². The second-order valence-corrected chi connectivity index (χ2v) is 7.41. The molecule has 1 saturated heterocycles. The number of hydrogen-bond acceptors (Lipinski definition) is 4. The standard InChI is InChI=1S/C21H22Cl2N2O4/c1-3-29-18-5-4-14(12-19(18)28-2)20(26)24-6-8-25(9-7-24)21(27)15-10-16(22)13-17(23)11-15/h4-5,10-13H,3,6-9H2,1-2H3. The zero-order valence-corrected chi connectivity index (χ0v) is 17.8. The van der Waals surface area contributed by atoms with Gasteiger partial charge in [-0.3, -0.25) is 9.59 Å². The van der Waals surface area contributed by atoms with E-state index in [9.17, 15) is 9.59 Å². The molecule has 0 aromatic heterocycles. The highest BCUT2D eigenvalue weighted by Crippen LogP contribution is 2.29. The summed E-state index contributed by atoms with van der Waals surface area (Å²) in [4.78, 5) is 29.0. The molecule has 0 aliphatic carbocycles. The van der Waals surface area contributed by atoms with E-state index in [4.69, 9.17) is 32.7 Å². The van der Waals surface area contributed by atoms with Crippen molar-refractivity contribution in [3.63, 3.8) is 0 Å². The lowest BCUT2D eigenvalue weighted by Gasteiger charge is -2.35. The molecule has 29 heavy (non-hydrogen) atoms. The first-order chi connectivity index (χ1) is 13.9. The van der Waals surface area contributed by atoms with Crippen LogP contribution in [0, 0.1) is 0 Å². The van der Waals surface area contributed by atoms with Crippen molar-refractivity contribution < 1.29 is 19.1 Å². The smallest absolute Gasteiger partial charge is 0.254 e. The summed E-state index contributed by atoms with van der Waals surface area (Å²) >= 11 is 12.0. The Balaban J connectivity index is 1.65. The van der Waals surface area contributed by atoms with Gasteiger partial charge in [-0.05, 0) is 43.3 Å². The summed E-state index contributed by atoms with van der Waals surface area (Å²) in [5.74, 6) is 0.861. The number of hydrogen-bond donors (Lipinski definition) is 0. The molecule has 2 aromatic carbocycles. The summed E-state index contributed by atoms with van der Waals surface area (Å²) in [6, 6.07) is 9.92. The molecule has 0 saturated carbocycles. The quantitative estimate of drug-likeness (QED) is 0.710. The van der Waals surface area contributed by atoms with Crippen molar-refractivity contribution in [2.75, 3.05) is 39.9 Å². The van der Waals surface area contributed by atoms with E-state index >= 15 is 0 Å². The number of nitrogens with zero attached hydrogens (tertiary/aromatic N) is 2. The summed E-state index contributed by atoms with van der Waals surface area (Å²) in [7, 11) is 1.54. The third kappa shape index (κ3) is 4.95. The van der Waals surface area contributed by atoms with Crippen LogP contribution in [0.15, 0.2) is 36.4 Å². The summed E-state index contributed by atoms with van der Waals surface area (Å²) in [5, 5.41) is 0.832. The number of piperazine rings is 1. The zero-order valence-electron chi connectivity index (χ0n) is 16.3. The largest absolute Gasteiger partial charge is 0.493 e. The molecule has 0 spiro atoms. The average Bonchev–Trinajstić information content (AvgIpc) is 2.72. The molecule has 0 radical (unpaired) electrons. The van der Waals surface area contributed by atoms with Crippen molar-refractivity contribution in [2.24, 2.45) is 0 Å². The second kappa shape index (κ2) is 9.37. The van der Waals surface area contributed by atoms with Gasteiger partial charge in [0.15, 0.2) is 11.5 Å². The summed E-state index contributed by atoms with van der Waals surface area (Å²) < 4.78 is 10.8. The average molecular weight is 437 g/mol. The maximum atomic E-state index is 12.9. The summed E-state index contributed by atoms with van der Waals surface area (Å²) in [5.41, 5.74) is 0.963. The Morgan fingerprint density at radius 1 is 0.862 bits per heavy atom. The van der Waals surface area contributed by atoms with Gasteiger partial charge >= 0.3 is 0 Å². The lowest BCUT2D eigenvalue weighted by Crippen LogP contribution is -2.50. The molecule has 1 heterocycles. The molecule has 0 atom stereocenters. The monoisotopic (exact) mass is 436 g/mol. The molecular formula is C21H22Cl2N2O4. The van der Waals surface area contributed by atoms with Gasteiger partial charge in [-0.15, -0.1) is 0 Å². The van der Waals surface area contributed by atoms with E-state index in [2.05, 4.69) is 0 Å². The topological polar surface area (TPSA) is 59.1 Å². The van der Waals surface area contributed by atoms with Crippen LogP contribution in [0.4, 0.5) is 0 Å². The third-order valence-electron chi connectivity index (χ3n) is 4.67. The molecular weight excluding hydrogens is 415 g/mol. The van der Waals surface area contributed by atoms with Gasteiger partial charge in [-0.25, -0.2) is 0 Å².